The van der Waals surface area contributed by atoms with Crippen molar-refractivity contribution in [2.24, 2.45) is 0 Å². The number of amides is 2. The molecule has 9 nitrogen and oxygen atoms in total. The Morgan fingerprint density at radius 1 is 1.08 bits per heavy atom. The molecule has 0 unspecified atom stereocenters. The minimum Gasteiger partial charge on any atom is -0.497 e. The van der Waals surface area contributed by atoms with Crippen molar-refractivity contribution < 1.29 is 27.5 Å². The molecule has 2 amide bonds. The van der Waals surface area contributed by atoms with Crippen molar-refractivity contribution in [3.63, 3.8) is 0 Å². The number of carbonyl (C=O) groups is 2. The first-order chi connectivity index (χ1) is 17.0. The zero-order valence-electron chi connectivity index (χ0n) is 21.9. The van der Waals surface area contributed by atoms with E-state index in [1.807, 2.05) is 38.1 Å². The number of rotatable bonds is 13. The van der Waals surface area contributed by atoms with Crippen LogP contribution in [0.2, 0.25) is 0 Å². The number of hydrogen-bond donors (Lipinski definition) is 1. The average molecular weight is 520 g/mol. The molecule has 0 saturated carbocycles. The molecule has 0 bridgehead atoms. The average Bonchev–Trinajstić information content (AvgIpc) is 2.84. The van der Waals surface area contributed by atoms with E-state index >= 15 is 0 Å². The normalized spacial score (nSPS) is 11.9. The molecule has 0 heterocycles. The topological polar surface area (TPSA) is 105 Å². The molecule has 0 aliphatic rings. The molecule has 0 radical (unpaired) electrons. The Hall–Kier alpha value is -3.27. The summed E-state index contributed by atoms with van der Waals surface area (Å²) >= 11 is 0. The van der Waals surface area contributed by atoms with Gasteiger partial charge in [-0.05, 0) is 38.0 Å². The SMILES string of the molecule is CCCCNC(=O)[C@H](C)N(Cc1cccc(C)c1)C(=O)CN(c1cc(OC)ccc1OC)S(C)(=O)=O. The molecule has 2 aromatic rings. The van der Waals surface area contributed by atoms with Gasteiger partial charge in [0.1, 0.15) is 24.1 Å². The van der Waals surface area contributed by atoms with Crippen molar-refractivity contribution in [1.82, 2.24) is 10.2 Å². The highest BCUT2D eigenvalue weighted by Gasteiger charge is 2.31. The van der Waals surface area contributed by atoms with Gasteiger partial charge in [-0.15, -0.1) is 0 Å². The molecule has 0 fully saturated rings. The van der Waals surface area contributed by atoms with Crippen molar-refractivity contribution in [1.29, 1.82) is 0 Å². The van der Waals surface area contributed by atoms with Crippen LogP contribution >= 0.6 is 0 Å². The molecule has 1 atom stereocenters. The van der Waals surface area contributed by atoms with Gasteiger partial charge in [-0.25, -0.2) is 8.42 Å². The first kappa shape index (κ1) is 29.0. The van der Waals surface area contributed by atoms with Crippen LogP contribution in [0.25, 0.3) is 0 Å². The molecular weight excluding hydrogens is 482 g/mol. The van der Waals surface area contributed by atoms with E-state index in [0.29, 0.717) is 12.3 Å². The van der Waals surface area contributed by atoms with Crippen LogP contribution in [-0.4, -0.2) is 64.7 Å². The lowest BCUT2D eigenvalue weighted by Crippen LogP contribution is -2.51. The van der Waals surface area contributed by atoms with Crippen LogP contribution in [0, 0.1) is 6.92 Å². The third kappa shape index (κ3) is 7.87. The van der Waals surface area contributed by atoms with Gasteiger partial charge >= 0.3 is 0 Å². The summed E-state index contributed by atoms with van der Waals surface area (Å²) in [6, 6.07) is 11.5. The van der Waals surface area contributed by atoms with Crippen LogP contribution in [0.3, 0.4) is 0 Å². The van der Waals surface area contributed by atoms with Gasteiger partial charge in [0.2, 0.25) is 21.8 Å². The summed E-state index contributed by atoms with van der Waals surface area (Å²) < 4.78 is 37.2. The summed E-state index contributed by atoms with van der Waals surface area (Å²) in [6.07, 6.45) is 2.76. The van der Waals surface area contributed by atoms with Crippen molar-refractivity contribution in [2.45, 2.75) is 46.2 Å². The smallest absolute Gasteiger partial charge is 0.244 e. The molecule has 0 spiro atoms. The minimum absolute atomic E-state index is 0.149. The van der Waals surface area contributed by atoms with Crippen LogP contribution < -0.4 is 19.1 Å². The van der Waals surface area contributed by atoms with Crippen molar-refractivity contribution >= 4 is 27.5 Å². The predicted octanol–water partition coefficient (Wildman–Crippen LogP) is 3.11. The van der Waals surface area contributed by atoms with Crippen LogP contribution in [-0.2, 0) is 26.2 Å². The summed E-state index contributed by atoms with van der Waals surface area (Å²) in [4.78, 5) is 27.9. The summed E-state index contributed by atoms with van der Waals surface area (Å²) in [6.45, 7) is 5.75. The number of anilines is 1. The predicted molar refractivity (Wildman–Crippen MR) is 141 cm³/mol. The number of aryl methyl sites for hydroxylation is 1. The molecule has 1 N–H and O–H groups in total. The Morgan fingerprint density at radius 3 is 2.39 bits per heavy atom. The summed E-state index contributed by atoms with van der Waals surface area (Å²) in [7, 11) is -1.02. The van der Waals surface area contributed by atoms with Crippen LogP contribution in [0.4, 0.5) is 5.69 Å². The highest BCUT2D eigenvalue weighted by molar-refractivity contribution is 7.92. The molecule has 0 aliphatic heterocycles. The maximum atomic E-state index is 13.7. The standard InChI is InChI=1S/C26H37N3O6S/c1-7-8-14-27-26(31)20(3)28(17-21-11-9-10-19(2)15-21)25(30)18-29(36(6,32)33)23-16-22(34-4)12-13-24(23)35-5/h9-13,15-16,20H,7-8,14,17-18H2,1-6H3,(H,27,31)/t20-/m0/s1. The van der Waals surface area contributed by atoms with Crippen LogP contribution in [0.5, 0.6) is 11.5 Å². The van der Waals surface area contributed by atoms with Gasteiger partial charge in [-0.2, -0.15) is 0 Å². The molecule has 0 aliphatic carbocycles. The van der Waals surface area contributed by atoms with E-state index in [4.69, 9.17) is 9.47 Å². The summed E-state index contributed by atoms with van der Waals surface area (Å²) in [5.74, 6) is -0.143. The molecular formula is C26H37N3O6S. The minimum atomic E-state index is -3.90. The van der Waals surface area contributed by atoms with E-state index < -0.39 is 28.5 Å². The lowest BCUT2D eigenvalue weighted by Gasteiger charge is -2.32. The van der Waals surface area contributed by atoms with Gasteiger partial charge in [-0.1, -0.05) is 43.2 Å². The van der Waals surface area contributed by atoms with Crippen LogP contribution in [0.1, 0.15) is 37.8 Å². The summed E-state index contributed by atoms with van der Waals surface area (Å²) in [5.41, 5.74) is 2.02. The van der Waals surface area contributed by atoms with E-state index in [-0.39, 0.29) is 23.9 Å². The van der Waals surface area contributed by atoms with Gasteiger partial charge < -0.3 is 19.7 Å². The first-order valence-electron chi connectivity index (χ1n) is 11.8. The van der Waals surface area contributed by atoms with E-state index in [0.717, 1.165) is 34.5 Å². The second kappa shape index (κ2) is 13.2. The highest BCUT2D eigenvalue weighted by Crippen LogP contribution is 2.34. The van der Waals surface area contributed by atoms with Gasteiger partial charge in [0, 0.05) is 19.2 Å². The number of hydrogen-bond acceptors (Lipinski definition) is 6. The molecule has 36 heavy (non-hydrogen) atoms. The van der Waals surface area contributed by atoms with Crippen molar-refractivity contribution in [3.05, 3.63) is 53.6 Å². The maximum absolute atomic E-state index is 13.7. The molecule has 2 aromatic carbocycles. The Bertz CT molecular complexity index is 1150. The number of methoxy groups -OCH3 is 2. The zero-order chi connectivity index (χ0) is 26.9. The molecule has 198 valence electrons. The van der Waals surface area contributed by atoms with E-state index in [1.54, 1.807) is 19.1 Å². The lowest BCUT2D eigenvalue weighted by molar-refractivity contribution is -0.139. The number of nitrogens with zero attached hydrogens (tertiary/aromatic N) is 2. The van der Waals surface area contributed by atoms with E-state index in [9.17, 15) is 18.0 Å². The number of carbonyl (C=O) groups excluding carboxylic acids is 2. The third-order valence-electron chi connectivity index (χ3n) is 5.77. The Labute approximate surface area is 214 Å². The van der Waals surface area contributed by atoms with Crippen LogP contribution in [0.15, 0.2) is 42.5 Å². The Kier molecular flexibility index (Phi) is 10.6. The fourth-order valence-corrected chi connectivity index (χ4v) is 4.56. The molecule has 10 heteroatoms. The lowest BCUT2D eigenvalue weighted by atomic mass is 10.1. The number of benzene rings is 2. The number of ether oxygens (including phenoxy) is 2. The fraction of sp³-hybridized carbons (Fsp3) is 0.462. The first-order valence-corrected chi connectivity index (χ1v) is 13.7. The van der Waals surface area contributed by atoms with Crippen molar-refractivity contribution in [3.8, 4) is 11.5 Å². The second-order valence-electron chi connectivity index (χ2n) is 8.64. The maximum Gasteiger partial charge on any atom is 0.244 e. The second-order valence-corrected chi connectivity index (χ2v) is 10.5. The fourth-order valence-electron chi connectivity index (χ4n) is 3.71. The Morgan fingerprint density at radius 2 is 1.81 bits per heavy atom. The van der Waals surface area contributed by atoms with E-state index in [2.05, 4.69) is 5.32 Å². The third-order valence-corrected chi connectivity index (χ3v) is 6.89. The molecule has 2 rings (SSSR count). The Balaban J connectivity index is 2.44. The number of nitrogens with one attached hydrogen (secondary N) is 1. The quantitative estimate of drug-likeness (QED) is 0.408. The molecule has 0 saturated heterocycles. The monoisotopic (exact) mass is 519 g/mol. The number of sulfonamides is 1. The highest BCUT2D eigenvalue weighted by atomic mass is 32.2. The van der Waals surface area contributed by atoms with E-state index in [1.165, 1.54) is 25.2 Å². The van der Waals surface area contributed by atoms with Crippen molar-refractivity contribution in [2.75, 3.05) is 37.9 Å². The van der Waals surface area contributed by atoms with Gasteiger partial charge in [0.05, 0.1) is 26.2 Å². The number of unbranched alkanes of at least 4 members (excludes halogenated alkanes) is 1. The summed E-state index contributed by atoms with van der Waals surface area (Å²) in [5, 5.41) is 2.86. The molecule has 0 aromatic heterocycles. The zero-order valence-corrected chi connectivity index (χ0v) is 22.7. The largest absolute Gasteiger partial charge is 0.497 e. The van der Waals surface area contributed by atoms with Gasteiger partial charge in [0.15, 0.2) is 0 Å². The van der Waals surface area contributed by atoms with Gasteiger partial charge in [0.25, 0.3) is 0 Å². The van der Waals surface area contributed by atoms with Gasteiger partial charge in [-0.3, -0.25) is 13.9 Å².